The molecule has 15 heteroatoms. The third kappa shape index (κ3) is 6.10. The second-order valence-corrected chi connectivity index (χ2v) is 14.4. The second-order valence-electron chi connectivity index (χ2n) is 14.4. The fraction of sp³-hybridized carbons (Fsp3) is 0.459. The van der Waals surface area contributed by atoms with Crippen LogP contribution in [0.4, 0.5) is 32.2 Å². The fourth-order valence-electron chi connectivity index (χ4n) is 8.10. The average molecular weight is 725 g/mol. The molecule has 1 amide bonds. The van der Waals surface area contributed by atoms with E-state index in [1.807, 2.05) is 0 Å². The molecule has 1 saturated carbocycles. The highest BCUT2D eigenvalue weighted by Gasteiger charge is 2.52. The Morgan fingerprint density at radius 3 is 2.42 bits per heavy atom. The van der Waals surface area contributed by atoms with Gasteiger partial charge in [-0.15, -0.1) is 6.42 Å². The maximum absolute atomic E-state index is 16.9. The van der Waals surface area contributed by atoms with Crippen molar-refractivity contribution in [1.29, 1.82) is 0 Å². The van der Waals surface area contributed by atoms with E-state index in [4.69, 9.17) is 11.2 Å². The zero-order valence-electron chi connectivity index (χ0n) is 27.9. The number of anilines is 1. The monoisotopic (exact) mass is 724 g/mol. The van der Waals surface area contributed by atoms with Crippen molar-refractivity contribution in [2.24, 2.45) is 5.41 Å². The third-order valence-corrected chi connectivity index (χ3v) is 10.9. The molecule has 2 aromatic carbocycles. The van der Waals surface area contributed by atoms with Crippen molar-refractivity contribution in [2.45, 2.75) is 63.0 Å². The van der Waals surface area contributed by atoms with Gasteiger partial charge in [-0.3, -0.25) is 9.78 Å². The molecule has 52 heavy (non-hydrogen) atoms. The van der Waals surface area contributed by atoms with Crippen molar-refractivity contribution in [3.8, 4) is 35.4 Å². The van der Waals surface area contributed by atoms with Gasteiger partial charge in [0.15, 0.2) is 5.82 Å². The highest BCUT2D eigenvalue weighted by molar-refractivity contribution is 6.03. The van der Waals surface area contributed by atoms with Gasteiger partial charge < -0.3 is 24.5 Å². The first-order chi connectivity index (χ1) is 24.8. The number of piperazine rings is 1. The van der Waals surface area contributed by atoms with Crippen LogP contribution in [0.5, 0.6) is 11.8 Å². The Balaban J connectivity index is 1.20. The van der Waals surface area contributed by atoms with Gasteiger partial charge in [0, 0.05) is 55.3 Å². The maximum atomic E-state index is 16.9. The van der Waals surface area contributed by atoms with E-state index in [1.165, 1.54) is 24.4 Å². The lowest BCUT2D eigenvalue weighted by Crippen LogP contribution is -2.59. The molecule has 5 heterocycles. The number of terminal acetylenes is 1. The molecule has 0 radical (unpaired) electrons. The number of phenolic OH excluding ortho intramolecular Hbond substituents is 1. The minimum absolute atomic E-state index is 0.00368. The number of carbonyl (C=O) groups is 1. The number of nitrogens with zero attached hydrogens (tertiary/aromatic N) is 6. The lowest BCUT2D eigenvalue weighted by molar-refractivity contribution is -0.188. The first-order valence-electron chi connectivity index (χ1n) is 17.3. The third-order valence-electron chi connectivity index (χ3n) is 10.9. The van der Waals surface area contributed by atoms with Gasteiger partial charge in [-0.25, -0.2) is 13.2 Å². The van der Waals surface area contributed by atoms with Crippen LogP contribution < -0.4 is 9.64 Å². The van der Waals surface area contributed by atoms with Crippen LogP contribution in [0.3, 0.4) is 0 Å². The number of pyridine rings is 1. The van der Waals surface area contributed by atoms with Gasteiger partial charge in [-0.2, -0.15) is 23.1 Å². The number of carbonyl (C=O) groups excluding carboxylic acids is 1. The Bertz CT molecular complexity index is 2110. The second kappa shape index (κ2) is 12.7. The predicted molar refractivity (Wildman–Crippen MR) is 179 cm³/mol. The lowest BCUT2D eigenvalue weighted by atomic mass is 9.96. The van der Waals surface area contributed by atoms with E-state index >= 15 is 4.39 Å². The Labute approximate surface area is 294 Å². The van der Waals surface area contributed by atoms with Crippen molar-refractivity contribution in [3.63, 3.8) is 0 Å². The van der Waals surface area contributed by atoms with Crippen molar-refractivity contribution < 1.29 is 41.0 Å². The number of piperidine rings is 1. The van der Waals surface area contributed by atoms with Gasteiger partial charge in [0.25, 0.3) is 0 Å². The Hall–Kier alpha value is -4.84. The molecule has 8 rings (SSSR count). The topological polar surface area (TPSA) is 94.9 Å². The molecule has 4 fully saturated rings. The highest BCUT2D eigenvalue weighted by atomic mass is 19.4. The minimum atomic E-state index is -5.02. The molecule has 2 unspecified atom stereocenters. The molecule has 2 atom stereocenters. The highest BCUT2D eigenvalue weighted by Crippen LogP contribution is 2.47. The summed E-state index contributed by atoms with van der Waals surface area (Å²) in [6, 6.07) is 3.50. The number of aromatic hydroxyl groups is 1. The molecule has 1 N–H and O–H groups in total. The quantitative estimate of drug-likeness (QED) is 0.180. The number of hydrogen-bond acceptors (Lipinski definition) is 8. The SMILES string of the molecule is C#Cc1c(F)ccc2cc(O)cc(-c3ncc4c(N5CC6CCC(C5)N6C(=O)C(F)(F)F)nc(OCC5(CN6CCC(F)CC6)CC5)nc4c3F)c12. The zero-order valence-corrected chi connectivity index (χ0v) is 27.9. The number of halogens is 6. The molecule has 3 aliphatic heterocycles. The van der Waals surface area contributed by atoms with Crippen LogP contribution in [0.1, 0.15) is 44.1 Å². The van der Waals surface area contributed by atoms with Crippen LogP contribution in [0.15, 0.2) is 30.5 Å². The van der Waals surface area contributed by atoms with E-state index in [1.54, 1.807) is 4.90 Å². The van der Waals surface area contributed by atoms with Crippen molar-refractivity contribution in [3.05, 3.63) is 47.7 Å². The van der Waals surface area contributed by atoms with Crippen LogP contribution in [0.25, 0.3) is 32.9 Å². The maximum Gasteiger partial charge on any atom is 0.471 e. The van der Waals surface area contributed by atoms with Crippen LogP contribution in [-0.4, -0.2) is 99.5 Å². The molecule has 9 nitrogen and oxygen atoms in total. The van der Waals surface area contributed by atoms with Gasteiger partial charge in [0.2, 0.25) is 0 Å². The summed E-state index contributed by atoms with van der Waals surface area (Å²) in [5, 5.41) is 11.2. The number of phenols is 1. The molecule has 4 aliphatic rings. The van der Waals surface area contributed by atoms with Crippen LogP contribution in [-0.2, 0) is 4.79 Å². The smallest absolute Gasteiger partial charge is 0.471 e. The summed E-state index contributed by atoms with van der Waals surface area (Å²) in [4.78, 5) is 30.7. The number of fused-ring (bicyclic) bond motifs is 4. The number of ether oxygens (including phenoxy) is 1. The summed E-state index contributed by atoms with van der Waals surface area (Å²) in [6.45, 7) is 2.18. The normalized spacial score (nSPS) is 21.9. The van der Waals surface area contributed by atoms with Gasteiger partial charge >= 0.3 is 18.1 Å². The molecule has 2 aromatic heterocycles. The minimum Gasteiger partial charge on any atom is -0.508 e. The van der Waals surface area contributed by atoms with Gasteiger partial charge in [-0.05, 0) is 62.1 Å². The van der Waals surface area contributed by atoms with E-state index in [0.717, 1.165) is 23.8 Å². The summed E-state index contributed by atoms with van der Waals surface area (Å²) in [6.07, 6.45) is 4.53. The van der Waals surface area contributed by atoms with Gasteiger partial charge in [-0.1, -0.05) is 12.0 Å². The van der Waals surface area contributed by atoms with Crippen molar-refractivity contribution >= 4 is 33.4 Å². The molecular formula is C37H34F6N6O3. The molecule has 3 saturated heterocycles. The first kappa shape index (κ1) is 34.3. The van der Waals surface area contributed by atoms with Crippen LogP contribution in [0.2, 0.25) is 0 Å². The van der Waals surface area contributed by atoms with Crippen LogP contribution in [0, 0.1) is 29.4 Å². The summed E-state index contributed by atoms with van der Waals surface area (Å²) in [7, 11) is 0. The summed E-state index contributed by atoms with van der Waals surface area (Å²) >= 11 is 0. The molecule has 4 aromatic rings. The van der Waals surface area contributed by atoms with Gasteiger partial charge in [0.05, 0.1) is 29.6 Å². The first-order valence-corrected chi connectivity index (χ1v) is 17.3. The fourth-order valence-corrected chi connectivity index (χ4v) is 8.10. The number of amides is 1. The summed E-state index contributed by atoms with van der Waals surface area (Å²) in [5.41, 5.74) is -0.829. The van der Waals surface area contributed by atoms with E-state index in [9.17, 15) is 31.9 Å². The van der Waals surface area contributed by atoms with Crippen molar-refractivity contribution in [1.82, 2.24) is 24.8 Å². The van der Waals surface area contributed by atoms with E-state index < -0.39 is 42.0 Å². The van der Waals surface area contributed by atoms with Crippen LogP contribution >= 0.6 is 0 Å². The zero-order chi connectivity index (χ0) is 36.5. The Morgan fingerprint density at radius 1 is 1.06 bits per heavy atom. The predicted octanol–water partition coefficient (Wildman–Crippen LogP) is 6.14. The number of likely N-dealkylation sites (tertiary alicyclic amines) is 1. The Kier molecular flexibility index (Phi) is 8.35. The van der Waals surface area contributed by atoms with E-state index in [0.29, 0.717) is 50.7 Å². The van der Waals surface area contributed by atoms with E-state index in [-0.39, 0.29) is 75.8 Å². The number of aromatic nitrogens is 3. The average Bonchev–Trinajstić information content (AvgIpc) is 3.83. The molecule has 272 valence electrons. The van der Waals surface area contributed by atoms with Gasteiger partial charge in [0.1, 0.15) is 34.8 Å². The summed E-state index contributed by atoms with van der Waals surface area (Å²) in [5.74, 6) is -1.29. The Morgan fingerprint density at radius 2 is 1.77 bits per heavy atom. The molecular weight excluding hydrogens is 690 g/mol. The number of benzene rings is 2. The summed E-state index contributed by atoms with van der Waals surface area (Å²) < 4.78 is 92.2. The van der Waals surface area contributed by atoms with Crippen molar-refractivity contribution in [2.75, 3.05) is 44.2 Å². The number of alkyl halides is 4. The number of rotatable bonds is 7. The largest absolute Gasteiger partial charge is 0.508 e. The molecule has 1 aliphatic carbocycles. The number of hydrogen-bond donors (Lipinski definition) is 1. The standard InChI is InChI=1S/C37H34F6N6O3/c1-2-25-28(39)6-3-20-13-24(50)14-26(29(20)25)31-30(40)32-27(15-44-31)33(48-16-22-4-5-23(17-48)49(22)34(51)37(41,42)43)46-35(45-32)52-19-36(9-10-36)18-47-11-7-21(38)8-12-47/h1,3,6,13-15,21-23,50H,4-5,7-12,16-19H2. The van der Waals surface area contributed by atoms with E-state index in [2.05, 4.69) is 25.8 Å². The lowest BCUT2D eigenvalue weighted by Gasteiger charge is -2.42. The molecule has 2 bridgehead atoms. The molecule has 0 spiro atoms.